The van der Waals surface area contributed by atoms with E-state index in [1.165, 1.54) is 5.56 Å². The number of aliphatic hydroxyl groups excluding tert-OH is 1. The van der Waals surface area contributed by atoms with Crippen LogP contribution >= 0.6 is 15.9 Å². The molecule has 68 valence electrons. The van der Waals surface area contributed by atoms with Gasteiger partial charge in [0, 0.05) is 21.6 Å². The average Bonchev–Trinajstić information content (AvgIpc) is 2.47. The summed E-state index contributed by atoms with van der Waals surface area (Å²) in [5, 5.41) is 10.2. The zero-order chi connectivity index (χ0) is 9.42. The highest BCUT2D eigenvalue weighted by molar-refractivity contribution is 9.10. The Bertz CT molecular complexity index is 447. The zero-order valence-corrected chi connectivity index (χ0v) is 8.85. The molecule has 0 aliphatic rings. The minimum Gasteiger partial charge on any atom is -0.392 e. The lowest BCUT2D eigenvalue weighted by atomic mass is 10.1. The molecule has 0 saturated carbocycles. The van der Waals surface area contributed by atoms with Crippen LogP contribution in [-0.2, 0) is 6.61 Å². The van der Waals surface area contributed by atoms with E-state index in [9.17, 15) is 0 Å². The highest BCUT2D eigenvalue weighted by Gasteiger charge is 2.05. The Balaban J connectivity index is 2.82. The molecule has 13 heavy (non-hydrogen) atoms. The van der Waals surface area contributed by atoms with Crippen LogP contribution < -0.4 is 0 Å². The number of aryl methyl sites for hydroxylation is 1. The van der Waals surface area contributed by atoms with Gasteiger partial charge in [0.25, 0.3) is 0 Å². The van der Waals surface area contributed by atoms with Crippen molar-refractivity contribution in [3.63, 3.8) is 0 Å². The molecule has 2 rings (SSSR count). The maximum atomic E-state index is 9.07. The summed E-state index contributed by atoms with van der Waals surface area (Å²) in [7, 11) is 0. The van der Waals surface area contributed by atoms with Crippen LogP contribution in [0.15, 0.2) is 22.8 Å². The van der Waals surface area contributed by atoms with E-state index in [2.05, 4.69) is 33.0 Å². The lowest BCUT2D eigenvalue weighted by Crippen LogP contribution is -1.80. The van der Waals surface area contributed by atoms with Gasteiger partial charge < -0.3 is 10.1 Å². The number of halogens is 1. The largest absolute Gasteiger partial charge is 0.392 e. The first kappa shape index (κ1) is 8.78. The summed E-state index contributed by atoms with van der Waals surface area (Å²) in [5.41, 5.74) is 3.18. The normalized spacial score (nSPS) is 11.0. The molecule has 0 unspecified atom stereocenters. The first-order chi connectivity index (χ1) is 6.22. The topological polar surface area (TPSA) is 36.0 Å². The second kappa shape index (κ2) is 3.16. The number of H-pyrrole nitrogens is 1. The van der Waals surface area contributed by atoms with Crippen LogP contribution in [0.25, 0.3) is 10.9 Å². The van der Waals surface area contributed by atoms with E-state index in [-0.39, 0.29) is 6.61 Å². The van der Waals surface area contributed by atoms with E-state index < -0.39 is 0 Å². The van der Waals surface area contributed by atoms with Crippen molar-refractivity contribution < 1.29 is 5.11 Å². The van der Waals surface area contributed by atoms with Crippen molar-refractivity contribution in [2.45, 2.75) is 13.5 Å². The van der Waals surface area contributed by atoms with Crippen LogP contribution in [0.4, 0.5) is 0 Å². The Morgan fingerprint density at radius 3 is 2.92 bits per heavy atom. The maximum absolute atomic E-state index is 9.07. The number of aromatic nitrogens is 1. The Labute approximate surface area is 84.7 Å². The summed E-state index contributed by atoms with van der Waals surface area (Å²) >= 11 is 3.48. The fourth-order valence-corrected chi connectivity index (χ4v) is 2.20. The second-order valence-corrected chi connectivity index (χ2v) is 4.00. The van der Waals surface area contributed by atoms with Gasteiger partial charge in [-0.1, -0.05) is 0 Å². The zero-order valence-electron chi connectivity index (χ0n) is 7.26. The maximum Gasteiger partial charge on any atom is 0.0702 e. The van der Waals surface area contributed by atoms with Gasteiger partial charge in [-0.2, -0.15) is 0 Å². The minimum absolute atomic E-state index is 0.0793. The molecule has 3 heteroatoms. The molecule has 1 aromatic carbocycles. The monoisotopic (exact) mass is 239 g/mol. The molecule has 0 aliphatic heterocycles. The van der Waals surface area contributed by atoms with E-state index in [0.29, 0.717) is 0 Å². The van der Waals surface area contributed by atoms with E-state index in [4.69, 9.17) is 5.11 Å². The summed E-state index contributed by atoms with van der Waals surface area (Å²) in [6.07, 6.45) is 1.84. The Morgan fingerprint density at radius 2 is 2.23 bits per heavy atom. The van der Waals surface area contributed by atoms with E-state index in [0.717, 1.165) is 20.9 Å². The second-order valence-electron chi connectivity index (χ2n) is 3.14. The number of hydrogen-bond donors (Lipinski definition) is 2. The van der Waals surface area contributed by atoms with Crippen LogP contribution in [0.2, 0.25) is 0 Å². The molecule has 0 atom stereocenters. The van der Waals surface area contributed by atoms with E-state index in [1.807, 2.05) is 13.1 Å². The van der Waals surface area contributed by atoms with Crippen molar-refractivity contribution >= 4 is 26.8 Å². The van der Waals surface area contributed by atoms with Crippen LogP contribution in [0.5, 0.6) is 0 Å². The molecule has 0 fully saturated rings. The number of aromatic amines is 1. The van der Waals surface area contributed by atoms with Crippen LogP contribution in [0.3, 0.4) is 0 Å². The summed E-state index contributed by atoms with van der Waals surface area (Å²) in [6, 6.07) is 4.13. The third-order valence-electron chi connectivity index (χ3n) is 2.14. The predicted molar refractivity (Wildman–Crippen MR) is 56.7 cm³/mol. The number of rotatable bonds is 1. The number of hydrogen-bond acceptors (Lipinski definition) is 1. The molecule has 0 radical (unpaired) electrons. The molecule has 1 heterocycles. The molecular weight excluding hydrogens is 230 g/mol. The van der Waals surface area contributed by atoms with Gasteiger partial charge in [-0.05, 0) is 40.5 Å². The van der Waals surface area contributed by atoms with Crippen molar-refractivity contribution in [3.8, 4) is 0 Å². The Hall–Kier alpha value is -0.800. The summed E-state index contributed by atoms with van der Waals surface area (Å²) in [4.78, 5) is 3.13. The third-order valence-corrected chi connectivity index (χ3v) is 2.77. The van der Waals surface area contributed by atoms with Gasteiger partial charge in [0.2, 0.25) is 0 Å². The molecular formula is C10H10BrNO. The highest BCUT2D eigenvalue weighted by atomic mass is 79.9. The van der Waals surface area contributed by atoms with Crippen molar-refractivity contribution in [1.29, 1.82) is 0 Å². The van der Waals surface area contributed by atoms with Crippen molar-refractivity contribution in [2.75, 3.05) is 0 Å². The Kier molecular flexibility index (Phi) is 2.14. The van der Waals surface area contributed by atoms with Crippen LogP contribution in [-0.4, -0.2) is 10.1 Å². The van der Waals surface area contributed by atoms with Gasteiger partial charge in [0.1, 0.15) is 0 Å². The van der Waals surface area contributed by atoms with Gasteiger partial charge in [-0.15, -0.1) is 0 Å². The number of nitrogens with one attached hydrogen (secondary N) is 1. The first-order valence-corrected chi connectivity index (χ1v) is 4.88. The van der Waals surface area contributed by atoms with Crippen LogP contribution in [0, 0.1) is 6.92 Å². The van der Waals surface area contributed by atoms with Crippen molar-refractivity contribution in [3.05, 3.63) is 33.9 Å². The smallest absolute Gasteiger partial charge is 0.0702 e. The number of fused-ring (bicyclic) bond motifs is 1. The number of aliphatic hydroxyl groups is 1. The fraction of sp³-hybridized carbons (Fsp3) is 0.200. The molecule has 0 spiro atoms. The van der Waals surface area contributed by atoms with Crippen LogP contribution in [0.1, 0.15) is 11.1 Å². The van der Waals surface area contributed by atoms with Gasteiger partial charge >= 0.3 is 0 Å². The standard InChI is InChI=1S/C10H10BrNO/c1-6-2-8-7(5-13)4-12-10(8)9(11)3-6/h2-4,12-13H,5H2,1H3. The summed E-state index contributed by atoms with van der Waals surface area (Å²) < 4.78 is 1.04. The fourth-order valence-electron chi connectivity index (χ4n) is 1.51. The summed E-state index contributed by atoms with van der Waals surface area (Å²) in [5.74, 6) is 0. The highest BCUT2D eigenvalue weighted by Crippen LogP contribution is 2.27. The molecule has 0 bridgehead atoms. The van der Waals surface area contributed by atoms with E-state index >= 15 is 0 Å². The molecule has 2 N–H and O–H groups in total. The molecule has 0 aliphatic carbocycles. The SMILES string of the molecule is Cc1cc(Br)c2[nH]cc(CO)c2c1. The Morgan fingerprint density at radius 1 is 1.46 bits per heavy atom. The molecule has 2 aromatic rings. The average molecular weight is 240 g/mol. The van der Waals surface area contributed by atoms with Gasteiger partial charge in [-0.25, -0.2) is 0 Å². The quantitative estimate of drug-likeness (QED) is 0.789. The van der Waals surface area contributed by atoms with Gasteiger partial charge in [0.05, 0.1) is 12.1 Å². The minimum atomic E-state index is 0.0793. The number of benzene rings is 1. The lowest BCUT2D eigenvalue weighted by molar-refractivity contribution is 0.283. The molecule has 2 nitrogen and oxygen atoms in total. The molecule has 0 amide bonds. The predicted octanol–water partition coefficient (Wildman–Crippen LogP) is 2.73. The van der Waals surface area contributed by atoms with Crippen molar-refractivity contribution in [1.82, 2.24) is 4.98 Å². The van der Waals surface area contributed by atoms with Gasteiger partial charge in [0.15, 0.2) is 0 Å². The summed E-state index contributed by atoms with van der Waals surface area (Å²) in [6.45, 7) is 2.12. The molecule has 1 aromatic heterocycles. The third kappa shape index (κ3) is 1.38. The molecule has 0 saturated heterocycles. The van der Waals surface area contributed by atoms with E-state index in [1.54, 1.807) is 0 Å². The van der Waals surface area contributed by atoms with Crippen molar-refractivity contribution in [2.24, 2.45) is 0 Å². The first-order valence-electron chi connectivity index (χ1n) is 4.09. The van der Waals surface area contributed by atoms with Gasteiger partial charge in [-0.3, -0.25) is 0 Å². The lowest BCUT2D eigenvalue weighted by Gasteiger charge is -1.98.